The highest BCUT2D eigenvalue weighted by atomic mass is 31.2. The van der Waals surface area contributed by atoms with E-state index in [1.165, 1.54) is 24.3 Å². The van der Waals surface area contributed by atoms with Crippen LogP contribution < -0.4 is 15.9 Å². The van der Waals surface area contributed by atoms with Crippen molar-refractivity contribution in [1.82, 2.24) is 0 Å². The number of rotatable bonds is 7. The summed E-state index contributed by atoms with van der Waals surface area (Å²) >= 11 is 0. The first-order valence-corrected chi connectivity index (χ1v) is 14.6. The molecule has 7 heteroatoms. The zero-order chi connectivity index (χ0) is 29.0. The third-order valence-corrected chi connectivity index (χ3v) is 11.0. The smallest absolute Gasteiger partial charge is 0.426 e. The Labute approximate surface area is 233 Å². The number of hydrogen-bond donors (Lipinski definition) is 0. The molecule has 0 aliphatic rings. The molecule has 0 amide bonds. The van der Waals surface area contributed by atoms with Gasteiger partial charge in [0, 0.05) is 7.11 Å². The van der Waals surface area contributed by atoms with Crippen LogP contribution >= 0.6 is 6.89 Å². The summed E-state index contributed by atoms with van der Waals surface area (Å²) < 4.78 is 59.0. The van der Waals surface area contributed by atoms with Crippen LogP contribution in [0.2, 0.25) is 0 Å². The number of methoxy groups -OCH3 is 1. The van der Waals surface area contributed by atoms with Crippen LogP contribution in [0.3, 0.4) is 0 Å². The summed E-state index contributed by atoms with van der Waals surface area (Å²) in [6.07, 6.45) is -5.04. The third kappa shape index (κ3) is 5.26. The first-order valence-electron chi connectivity index (χ1n) is 12.8. The normalized spacial score (nSPS) is 13.8. The molecule has 4 aromatic carbocycles. The molecule has 0 heterocycles. The van der Waals surface area contributed by atoms with Crippen molar-refractivity contribution in [3.63, 3.8) is 0 Å². The lowest BCUT2D eigenvalue weighted by Gasteiger charge is -2.43. The number of hydrogen-bond acceptors (Lipinski definition) is 3. The fourth-order valence-electron chi connectivity index (χ4n) is 5.07. The maximum absolute atomic E-state index is 15.8. The lowest BCUT2D eigenvalue weighted by atomic mass is 9.89. The van der Waals surface area contributed by atoms with E-state index in [4.69, 9.17) is 9.47 Å². The van der Waals surface area contributed by atoms with Gasteiger partial charge in [-0.3, -0.25) is 0 Å². The molecule has 4 rings (SSSR count). The van der Waals surface area contributed by atoms with Gasteiger partial charge in [-0.1, -0.05) is 121 Å². The highest BCUT2D eigenvalue weighted by Crippen LogP contribution is 2.55. The molecule has 0 aromatic heterocycles. The molecule has 0 fully saturated rings. The van der Waals surface area contributed by atoms with Gasteiger partial charge in [0.2, 0.25) is 5.60 Å². The highest BCUT2D eigenvalue weighted by molar-refractivity contribution is 7.96. The first-order chi connectivity index (χ1) is 19.0. The monoisotopic (exact) mass is 564 g/mol. The fraction of sp³-hybridized carbons (Fsp3) is 0.212. The molecular weight excluding hydrogens is 532 g/mol. The van der Waals surface area contributed by atoms with E-state index >= 15 is 13.2 Å². The van der Waals surface area contributed by atoms with Crippen LogP contribution in [-0.2, 0) is 19.9 Å². The Balaban J connectivity index is 2.44. The molecule has 0 radical (unpaired) electrons. The van der Waals surface area contributed by atoms with E-state index in [1.54, 1.807) is 118 Å². The van der Waals surface area contributed by atoms with Gasteiger partial charge in [0.05, 0.1) is 5.29 Å². The number of halogens is 3. The Bertz CT molecular complexity index is 1380. The lowest BCUT2D eigenvalue weighted by molar-refractivity contribution is -0.246. The zero-order valence-corrected chi connectivity index (χ0v) is 23.7. The van der Waals surface area contributed by atoms with E-state index in [2.05, 4.69) is 0 Å². The number of ether oxygens (including phenoxy) is 2. The summed E-state index contributed by atoms with van der Waals surface area (Å²) in [4.78, 5) is 14.5. The van der Waals surface area contributed by atoms with E-state index in [1.807, 2.05) is 0 Å². The predicted molar refractivity (Wildman–Crippen MR) is 157 cm³/mol. The molecule has 4 aromatic rings. The van der Waals surface area contributed by atoms with Crippen molar-refractivity contribution < 1.29 is 27.4 Å². The molecule has 208 valence electrons. The Morgan fingerprint density at radius 3 is 1.27 bits per heavy atom. The van der Waals surface area contributed by atoms with Gasteiger partial charge >= 0.3 is 12.1 Å². The fourth-order valence-corrected chi connectivity index (χ4v) is 9.74. The van der Waals surface area contributed by atoms with Crippen LogP contribution in [0.4, 0.5) is 13.2 Å². The molecular formula is C33H32F3O3P. The molecule has 0 aliphatic carbocycles. The van der Waals surface area contributed by atoms with Gasteiger partial charge in [-0.05, 0) is 49.1 Å². The van der Waals surface area contributed by atoms with Crippen LogP contribution in [0, 0.1) is 0 Å². The van der Waals surface area contributed by atoms with Crippen molar-refractivity contribution in [2.75, 3.05) is 7.11 Å². The number of carbonyl (C=O) groups excluding carboxylic acids is 1. The molecule has 0 bridgehead atoms. The average Bonchev–Trinajstić information content (AvgIpc) is 2.94. The SMILES string of the molecule is COC(C(C(=O)OC(C)(C)C)=P(c1ccccc1)(c1ccccc1)c1ccccc1)(c1ccccc1)C(F)(F)F. The maximum Gasteiger partial charge on any atom is 0.426 e. The summed E-state index contributed by atoms with van der Waals surface area (Å²) in [6, 6.07) is 34.0. The topological polar surface area (TPSA) is 35.5 Å². The number of benzene rings is 4. The summed E-state index contributed by atoms with van der Waals surface area (Å²) in [5.74, 6) is -1.07. The summed E-state index contributed by atoms with van der Waals surface area (Å²) in [7, 11) is 1.00. The van der Waals surface area contributed by atoms with Crippen LogP contribution in [0.15, 0.2) is 121 Å². The Morgan fingerprint density at radius 2 is 0.975 bits per heavy atom. The van der Waals surface area contributed by atoms with Gasteiger partial charge in [0.25, 0.3) is 0 Å². The average molecular weight is 565 g/mol. The molecule has 3 nitrogen and oxygen atoms in total. The van der Waals surface area contributed by atoms with E-state index in [9.17, 15) is 4.79 Å². The minimum Gasteiger partial charge on any atom is -0.456 e. The first kappa shape index (κ1) is 29.4. The van der Waals surface area contributed by atoms with Crippen molar-refractivity contribution in [2.24, 2.45) is 0 Å². The van der Waals surface area contributed by atoms with Gasteiger partial charge in [0.15, 0.2) is 0 Å². The van der Waals surface area contributed by atoms with Crippen LogP contribution in [-0.4, -0.2) is 30.1 Å². The van der Waals surface area contributed by atoms with Crippen molar-refractivity contribution in [2.45, 2.75) is 38.1 Å². The van der Waals surface area contributed by atoms with Crippen molar-refractivity contribution in [3.8, 4) is 0 Å². The number of alkyl halides is 3. The van der Waals surface area contributed by atoms with E-state index in [0.29, 0.717) is 15.9 Å². The van der Waals surface area contributed by atoms with E-state index in [0.717, 1.165) is 7.11 Å². The molecule has 0 spiro atoms. The zero-order valence-electron chi connectivity index (χ0n) is 22.9. The highest BCUT2D eigenvalue weighted by Gasteiger charge is 2.64. The molecule has 0 aliphatic heterocycles. The Hall–Kier alpha value is -3.60. The van der Waals surface area contributed by atoms with Crippen LogP contribution in [0.25, 0.3) is 0 Å². The molecule has 40 heavy (non-hydrogen) atoms. The second-order valence-corrected chi connectivity index (χ2v) is 13.6. The lowest BCUT2D eigenvalue weighted by Crippen LogP contribution is -2.57. The van der Waals surface area contributed by atoms with Gasteiger partial charge in [0.1, 0.15) is 5.60 Å². The molecule has 0 saturated heterocycles. The molecule has 0 saturated carbocycles. The second-order valence-electron chi connectivity index (χ2n) is 10.3. The summed E-state index contributed by atoms with van der Waals surface area (Å²) in [5, 5.41) is 1.19. The van der Waals surface area contributed by atoms with E-state index in [-0.39, 0.29) is 5.56 Å². The van der Waals surface area contributed by atoms with Gasteiger partial charge in [-0.25, -0.2) is 4.79 Å². The summed E-state index contributed by atoms with van der Waals surface area (Å²) in [6.45, 7) is 1.31. The van der Waals surface area contributed by atoms with Crippen molar-refractivity contribution >= 4 is 34.1 Å². The van der Waals surface area contributed by atoms with Crippen molar-refractivity contribution in [3.05, 3.63) is 127 Å². The standard InChI is InChI=1S/C33H32F3O3P/c1-31(2,3)39-30(37)29(32(38-4,33(34,35)36)25-17-9-5-10-18-25)40(26-19-11-6-12-20-26,27-21-13-7-14-22-27)28-23-15-8-16-24-28/h5-24H,1-4H3. The Morgan fingerprint density at radius 1 is 0.625 bits per heavy atom. The van der Waals surface area contributed by atoms with Gasteiger partial charge in [-0.2, -0.15) is 13.2 Å². The number of esters is 1. The van der Waals surface area contributed by atoms with Gasteiger partial charge in [-0.15, -0.1) is 0 Å². The minimum atomic E-state index is -5.04. The van der Waals surface area contributed by atoms with Crippen LogP contribution in [0.5, 0.6) is 0 Å². The maximum atomic E-state index is 15.8. The van der Waals surface area contributed by atoms with Gasteiger partial charge < -0.3 is 9.47 Å². The summed E-state index contributed by atoms with van der Waals surface area (Å²) in [5.41, 5.74) is -4.42. The quantitative estimate of drug-likeness (QED) is 0.188. The largest absolute Gasteiger partial charge is 0.456 e. The molecule has 1 unspecified atom stereocenters. The molecule has 1 atom stereocenters. The minimum absolute atomic E-state index is 0.210. The Kier molecular flexibility index (Phi) is 8.44. The predicted octanol–water partition coefficient (Wildman–Crippen LogP) is 6.60. The third-order valence-electron chi connectivity index (χ3n) is 6.58. The van der Waals surface area contributed by atoms with Crippen LogP contribution in [0.1, 0.15) is 26.3 Å². The second kappa shape index (κ2) is 11.5. The number of carbonyl (C=O) groups is 1. The van der Waals surface area contributed by atoms with E-state index < -0.39 is 35.5 Å². The van der Waals surface area contributed by atoms with Crippen molar-refractivity contribution in [1.29, 1.82) is 0 Å². The molecule has 0 N–H and O–H groups in total.